The number of halogens is 1. The molecule has 20 heavy (non-hydrogen) atoms. The lowest BCUT2D eigenvalue weighted by atomic mass is 10.2. The lowest BCUT2D eigenvalue weighted by Gasteiger charge is -2.07. The fourth-order valence-corrected chi connectivity index (χ4v) is 1.96. The van der Waals surface area contributed by atoms with Crippen molar-refractivity contribution in [2.24, 2.45) is 0 Å². The number of aryl methyl sites for hydroxylation is 1. The normalized spacial score (nSPS) is 10.7. The predicted molar refractivity (Wildman–Crippen MR) is 71.3 cm³/mol. The average Bonchev–Trinajstić information content (AvgIpc) is 2.90. The minimum atomic E-state index is -0.250. The van der Waals surface area contributed by atoms with E-state index in [1.807, 2.05) is 6.92 Å². The van der Waals surface area contributed by atoms with Gasteiger partial charge in [0, 0.05) is 6.20 Å². The summed E-state index contributed by atoms with van der Waals surface area (Å²) in [6.07, 6.45) is 4.71. The zero-order valence-electron chi connectivity index (χ0n) is 10.9. The SMILES string of the molecule is Cc1ncncc1-c1ncnn1Cc1ccc(F)cc1. The van der Waals surface area contributed by atoms with Gasteiger partial charge in [0.1, 0.15) is 18.5 Å². The molecule has 0 aliphatic heterocycles. The Labute approximate surface area is 115 Å². The number of nitrogens with zero attached hydrogens (tertiary/aromatic N) is 5. The van der Waals surface area contributed by atoms with Crippen LogP contribution in [-0.2, 0) is 6.54 Å². The third-order valence-electron chi connectivity index (χ3n) is 3.01. The van der Waals surface area contributed by atoms with E-state index in [1.54, 1.807) is 23.0 Å². The molecule has 6 heteroatoms. The van der Waals surface area contributed by atoms with Gasteiger partial charge in [-0.25, -0.2) is 24.0 Å². The second-order valence-corrected chi connectivity index (χ2v) is 4.39. The molecule has 0 bridgehead atoms. The maximum absolute atomic E-state index is 12.9. The van der Waals surface area contributed by atoms with Gasteiger partial charge in [0.05, 0.1) is 17.8 Å². The molecule has 0 radical (unpaired) electrons. The molecule has 5 nitrogen and oxygen atoms in total. The lowest BCUT2D eigenvalue weighted by Crippen LogP contribution is -2.05. The Bertz CT molecular complexity index is 720. The van der Waals surface area contributed by atoms with Gasteiger partial charge in [0.2, 0.25) is 0 Å². The zero-order chi connectivity index (χ0) is 13.9. The van der Waals surface area contributed by atoms with Crippen LogP contribution in [-0.4, -0.2) is 24.7 Å². The molecule has 0 aliphatic rings. The Balaban J connectivity index is 1.95. The van der Waals surface area contributed by atoms with Crippen molar-refractivity contribution >= 4 is 0 Å². The van der Waals surface area contributed by atoms with Crippen molar-refractivity contribution < 1.29 is 4.39 Å². The maximum atomic E-state index is 12.9. The fourth-order valence-electron chi connectivity index (χ4n) is 1.96. The summed E-state index contributed by atoms with van der Waals surface area (Å²) in [5.74, 6) is 0.451. The first-order valence-electron chi connectivity index (χ1n) is 6.13. The topological polar surface area (TPSA) is 56.5 Å². The first-order chi connectivity index (χ1) is 9.74. The van der Waals surface area contributed by atoms with E-state index in [9.17, 15) is 4.39 Å². The van der Waals surface area contributed by atoms with E-state index in [0.717, 1.165) is 16.8 Å². The number of hydrogen-bond donors (Lipinski definition) is 0. The fraction of sp³-hybridized carbons (Fsp3) is 0.143. The summed E-state index contributed by atoms with van der Waals surface area (Å²) in [6, 6.07) is 6.33. The molecule has 3 rings (SSSR count). The van der Waals surface area contributed by atoms with Crippen molar-refractivity contribution in [2.45, 2.75) is 13.5 Å². The largest absolute Gasteiger partial charge is 0.244 e. The smallest absolute Gasteiger partial charge is 0.161 e. The second kappa shape index (κ2) is 5.16. The first kappa shape index (κ1) is 12.4. The molecule has 0 aliphatic carbocycles. The molecular weight excluding hydrogens is 257 g/mol. The van der Waals surface area contributed by atoms with Crippen molar-refractivity contribution in [2.75, 3.05) is 0 Å². The van der Waals surface area contributed by atoms with Crippen molar-refractivity contribution in [1.82, 2.24) is 24.7 Å². The summed E-state index contributed by atoms with van der Waals surface area (Å²) < 4.78 is 14.7. The first-order valence-corrected chi connectivity index (χ1v) is 6.13. The van der Waals surface area contributed by atoms with Gasteiger partial charge in [-0.2, -0.15) is 5.10 Å². The van der Waals surface area contributed by atoms with Gasteiger partial charge in [0.15, 0.2) is 5.82 Å². The molecule has 0 N–H and O–H groups in total. The summed E-state index contributed by atoms with van der Waals surface area (Å²) in [5.41, 5.74) is 2.63. The molecule has 0 unspecified atom stereocenters. The highest BCUT2D eigenvalue weighted by atomic mass is 19.1. The molecule has 100 valence electrons. The summed E-state index contributed by atoms with van der Waals surface area (Å²) in [7, 11) is 0. The van der Waals surface area contributed by atoms with Gasteiger partial charge in [-0.1, -0.05) is 12.1 Å². The Kier molecular flexibility index (Phi) is 3.20. The Morgan fingerprint density at radius 2 is 1.90 bits per heavy atom. The molecular formula is C14H12FN5. The van der Waals surface area contributed by atoms with Crippen LogP contribution in [0.5, 0.6) is 0 Å². The van der Waals surface area contributed by atoms with Crippen molar-refractivity contribution in [3.63, 3.8) is 0 Å². The molecule has 0 atom stereocenters. The Morgan fingerprint density at radius 1 is 1.10 bits per heavy atom. The van der Waals surface area contributed by atoms with Crippen LogP contribution in [0.3, 0.4) is 0 Å². The monoisotopic (exact) mass is 269 g/mol. The van der Waals surface area contributed by atoms with Crippen LogP contribution in [0.15, 0.2) is 43.1 Å². The highest BCUT2D eigenvalue weighted by Gasteiger charge is 2.11. The van der Waals surface area contributed by atoms with Gasteiger partial charge in [0.25, 0.3) is 0 Å². The van der Waals surface area contributed by atoms with Crippen LogP contribution in [0.25, 0.3) is 11.4 Å². The van der Waals surface area contributed by atoms with Gasteiger partial charge in [-0.15, -0.1) is 0 Å². The van der Waals surface area contributed by atoms with Crippen LogP contribution >= 0.6 is 0 Å². The van der Waals surface area contributed by atoms with Crippen LogP contribution in [0.4, 0.5) is 4.39 Å². The second-order valence-electron chi connectivity index (χ2n) is 4.39. The zero-order valence-corrected chi connectivity index (χ0v) is 10.9. The summed E-state index contributed by atoms with van der Waals surface area (Å²) in [4.78, 5) is 12.4. The number of benzene rings is 1. The van der Waals surface area contributed by atoms with E-state index in [0.29, 0.717) is 12.4 Å². The molecule has 0 amide bonds. The number of rotatable bonds is 3. The van der Waals surface area contributed by atoms with Gasteiger partial charge in [-0.05, 0) is 24.6 Å². The number of aromatic nitrogens is 5. The van der Waals surface area contributed by atoms with Crippen LogP contribution in [0.2, 0.25) is 0 Å². The highest BCUT2D eigenvalue weighted by molar-refractivity contribution is 5.56. The molecule has 0 fully saturated rings. The highest BCUT2D eigenvalue weighted by Crippen LogP contribution is 2.18. The molecule has 0 saturated heterocycles. The van der Waals surface area contributed by atoms with Gasteiger partial charge in [-0.3, -0.25) is 0 Å². The van der Waals surface area contributed by atoms with Gasteiger partial charge >= 0.3 is 0 Å². The summed E-state index contributed by atoms with van der Waals surface area (Å²) in [5, 5.41) is 4.21. The van der Waals surface area contributed by atoms with E-state index in [-0.39, 0.29) is 5.82 Å². The third-order valence-corrected chi connectivity index (χ3v) is 3.01. The van der Waals surface area contributed by atoms with E-state index in [2.05, 4.69) is 20.1 Å². The molecule has 2 heterocycles. The molecule has 3 aromatic rings. The van der Waals surface area contributed by atoms with E-state index in [1.165, 1.54) is 24.8 Å². The van der Waals surface area contributed by atoms with Crippen molar-refractivity contribution in [1.29, 1.82) is 0 Å². The van der Waals surface area contributed by atoms with E-state index < -0.39 is 0 Å². The minimum absolute atomic E-state index is 0.250. The molecule has 2 aromatic heterocycles. The van der Waals surface area contributed by atoms with Crippen molar-refractivity contribution in [3.05, 3.63) is 60.2 Å². The Hall–Kier alpha value is -2.63. The maximum Gasteiger partial charge on any atom is 0.161 e. The average molecular weight is 269 g/mol. The van der Waals surface area contributed by atoms with E-state index in [4.69, 9.17) is 0 Å². The van der Waals surface area contributed by atoms with E-state index >= 15 is 0 Å². The summed E-state index contributed by atoms with van der Waals surface area (Å²) in [6.45, 7) is 2.41. The van der Waals surface area contributed by atoms with Crippen LogP contribution in [0.1, 0.15) is 11.3 Å². The molecule has 0 saturated carbocycles. The third kappa shape index (κ3) is 2.40. The van der Waals surface area contributed by atoms with Crippen LogP contribution in [0, 0.1) is 12.7 Å². The van der Waals surface area contributed by atoms with Crippen LogP contribution < -0.4 is 0 Å². The Morgan fingerprint density at radius 3 is 2.65 bits per heavy atom. The van der Waals surface area contributed by atoms with Crippen molar-refractivity contribution in [3.8, 4) is 11.4 Å². The standard InChI is InChI=1S/C14H12FN5/c1-10-13(6-16-8-17-10)14-18-9-19-20(14)7-11-2-4-12(15)5-3-11/h2-6,8-9H,7H2,1H3. The predicted octanol–water partition coefficient (Wildman–Crippen LogP) is 2.23. The molecule has 1 aromatic carbocycles. The quantitative estimate of drug-likeness (QED) is 0.731. The van der Waals surface area contributed by atoms with Gasteiger partial charge < -0.3 is 0 Å². The number of hydrogen-bond acceptors (Lipinski definition) is 4. The summed E-state index contributed by atoms with van der Waals surface area (Å²) >= 11 is 0. The minimum Gasteiger partial charge on any atom is -0.244 e. The lowest BCUT2D eigenvalue weighted by molar-refractivity contribution is 0.624. The molecule has 0 spiro atoms.